The monoisotopic (exact) mass is 499 g/mol. The van der Waals surface area contributed by atoms with Crippen molar-refractivity contribution in [3.8, 4) is 11.4 Å². The lowest BCUT2D eigenvalue weighted by Gasteiger charge is -2.20. The molecule has 2 aromatic heterocycles. The second-order valence-corrected chi connectivity index (χ2v) is 9.57. The van der Waals surface area contributed by atoms with Crippen LogP contribution >= 0.6 is 11.3 Å². The van der Waals surface area contributed by atoms with E-state index in [1.807, 2.05) is 24.3 Å². The number of thiazole rings is 1. The molecule has 0 bridgehead atoms. The largest absolute Gasteiger partial charge is 0.471 e. The molecule has 4 aromatic rings. The molecule has 1 N–H and O–H groups in total. The van der Waals surface area contributed by atoms with Gasteiger partial charge in [-0.05, 0) is 36.1 Å². The van der Waals surface area contributed by atoms with Crippen LogP contribution in [0.2, 0.25) is 0 Å². The average molecular weight is 499 g/mol. The number of alkyl halides is 3. The lowest BCUT2D eigenvalue weighted by Crippen LogP contribution is -2.33. The number of rotatable bonds is 4. The highest BCUT2D eigenvalue weighted by atomic mass is 32.1. The van der Waals surface area contributed by atoms with Crippen LogP contribution in [0.4, 0.5) is 18.3 Å². The molecule has 0 unspecified atom stereocenters. The van der Waals surface area contributed by atoms with Gasteiger partial charge in [0.1, 0.15) is 0 Å². The Hall–Kier alpha value is -3.80. The number of nitrogens with zero attached hydrogens (tertiary/aromatic N) is 4. The van der Waals surface area contributed by atoms with Crippen molar-refractivity contribution in [2.75, 3.05) is 18.4 Å². The molecule has 2 fully saturated rings. The van der Waals surface area contributed by atoms with Crippen LogP contribution in [0.25, 0.3) is 21.6 Å². The number of fused-ring (bicyclic) bond motifs is 2. The molecule has 12 heteroatoms. The van der Waals surface area contributed by atoms with Gasteiger partial charge in [0.15, 0.2) is 5.13 Å². The summed E-state index contributed by atoms with van der Waals surface area (Å²) in [7, 11) is 0. The van der Waals surface area contributed by atoms with E-state index in [1.54, 1.807) is 17.0 Å². The number of piperidine rings is 1. The molecule has 8 nitrogen and oxygen atoms in total. The van der Waals surface area contributed by atoms with Crippen molar-refractivity contribution in [3.63, 3.8) is 0 Å². The summed E-state index contributed by atoms with van der Waals surface area (Å²) < 4.78 is 43.5. The fraction of sp³-hybridized carbons (Fsp3) is 0.261. The zero-order valence-corrected chi connectivity index (χ0v) is 18.6. The SMILES string of the molecule is O=C(Nc1nc2ccccc2s1)C1[C@H]2CN(C(=O)c3cccc(-c4noc(C(F)(F)F)n4)c3)C[C@H]12. The van der Waals surface area contributed by atoms with Gasteiger partial charge in [-0.1, -0.05) is 40.8 Å². The van der Waals surface area contributed by atoms with Crippen molar-refractivity contribution >= 4 is 38.5 Å². The summed E-state index contributed by atoms with van der Waals surface area (Å²) in [5.74, 6) is -2.07. The number of anilines is 1. The number of hydrogen-bond donors (Lipinski definition) is 1. The molecule has 1 saturated carbocycles. The molecular formula is C23H16F3N5O3S. The number of benzene rings is 2. The number of nitrogens with one attached hydrogen (secondary N) is 1. The van der Waals surface area contributed by atoms with E-state index < -0.39 is 12.1 Å². The van der Waals surface area contributed by atoms with Gasteiger partial charge >= 0.3 is 12.1 Å². The number of likely N-dealkylation sites (tertiary alicyclic amines) is 1. The van der Waals surface area contributed by atoms with Crippen LogP contribution < -0.4 is 5.32 Å². The zero-order chi connectivity index (χ0) is 24.3. The Bertz CT molecular complexity index is 1420. The van der Waals surface area contributed by atoms with Gasteiger partial charge < -0.3 is 14.7 Å². The van der Waals surface area contributed by atoms with Crippen LogP contribution in [-0.2, 0) is 11.0 Å². The van der Waals surface area contributed by atoms with Crippen LogP contribution in [0, 0.1) is 17.8 Å². The number of carbonyl (C=O) groups is 2. The predicted molar refractivity (Wildman–Crippen MR) is 119 cm³/mol. The van der Waals surface area contributed by atoms with Crippen LogP contribution in [0.15, 0.2) is 53.1 Å². The fourth-order valence-electron chi connectivity index (χ4n) is 4.63. The third kappa shape index (κ3) is 3.93. The molecule has 6 rings (SSSR count). The molecule has 2 aliphatic rings. The summed E-state index contributed by atoms with van der Waals surface area (Å²) in [6.45, 7) is 0.873. The molecule has 2 atom stereocenters. The van der Waals surface area contributed by atoms with Gasteiger partial charge in [0.25, 0.3) is 5.91 Å². The van der Waals surface area contributed by atoms with Gasteiger partial charge in [-0.15, -0.1) is 0 Å². The normalized spacial score (nSPS) is 21.2. The van der Waals surface area contributed by atoms with Crippen molar-refractivity contribution in [1.29, 1.82) is 0 Å². The molecule has 35 heavy (non-hydrogen) atoms. The molecular weight excluding hydrogens is 483 g/mol. The van der Waals surface area contributed by atoms with Gasteiger partial charge in [-0.3, -0.25) is 9.59 Å². The van der Waals surface area contributed by atoms with Crippen molar-refractivity contribution in [2.45, 2.75) is 6.18 Å². The predicted octanol–water partition coefficient (Wildman–Crippen LogP) is 4.32. The maximum atomic E-state index is 13.0. The summed E-state index contributed by atoms with van der Waals surface area (Å²) in [6, 6.07) is 13.7. The highest BCUT2D eigenvalue weighted by Gasteiger charge is 2.60. The standard InChI is InChI=1S/C23H16F3N5O3S/c24-23(25,26)21-28-18(30-34-21)11-4-3-5-12(8-11)20(33)31-9-13-14(10-31)17(13)19(32)29-22-27-15-6-1-2-7-16(15)35-22/h1-8,13-14,17H,9-10H2,(H,27,29,32)/t13-,14-/m0/s1. The summed E-state index contributed by atoms with van der Waals surface area (Å²) in [4.78, 5) is 35.2. The number of para-hydroxylation sites is 1. The van der Waals surface area contributed by atoms with E-state index >= 15 is 0 Å². The Labute approximate surface area is 199 Å². The smallest absolute Gasteiger partial charge is 0.338 e. The Morgan fingerprint density at radius 3 is 2.54 bits per heavy atom. The summed E-state index contributed by atoms with van der Waals surface area (Å²) >= 11 is 1.42. The molecule has 1 aliphatic carbocycles. The number of amides is 2. The van der Waals surface area contributed by atoms with Crippen LogP contribution in [0.5, 0.6) is 0 Å². The van der Waals surface area contributed by atoms with Gasteiger partial charge in [-0.25, -0.2) is 4.98 Å². The quantitative estimate of drug-likeness (QED) is 0.449. The first-order valence-corrected chi connectivity index (χ1v) is 11.6. The minimum atomic E-state index is -4.74. The minimum Gasteiger partial charge on any atom is -0.338 e. The summed E-state index contributed by atoms with van der Waals surface area (Å²) in [5.41, 5.74) is 1.38. The van der Waals surface area contributed by atoms with E-state index in [-0.39, 0.29) is 41.0 Å². The summed E-state index contributed by atoms with van der Waals surface area (Å²) in [5, 5.41) is 6.82. The maximum Gasteiger partial charge on any atom is 0.471 e. The van der Waals surface area contributed by atoms with Crippen molar-refractivity contribution in [2.24, 2.45) is 17.8 Å². The van der Waals surface area contributed by atoms with Crippen LogP contribution in [0.3, 0.4) is 0 Å². The van der Waals surface area contributed by atoms with Crippen molar-refractivity contribution in [1.82, 2.24) is 20.0 Å². The Balaban J connectivity index is 1.10. The van der Waals surface area contributed by atoms with Crippen LogP contribution in [-0.4, -0.2) is 44.9 Å². The number of carbonyl (C=O) groups excluding carboxylic acids is 2. The minimum absolute atomic E-state index is 0.0723. The summed E-state index contributed by atoms with van der Waals surface area (Å²) in [6.07, 6.45) is -4.74. The highest BCUT2D eigenvalue weighted by molar-refractivity contribution is 7.22. The lowest BCUT2D eigenvalue weighted by molar-refractivity contribution is -0.159. The Morgan fingerprint density at radius 2 is 1.83 bits per heavy atom. The molecule has 0 spiro atoms. The Kier molecular flexibility index (Phi) is 4.88. The number of hydrogen-bond acceptors (Lipinski definition) is 7. The maximum absolute atomic E-state index is 13.0. The van der Waals surface area contributed by atoms with Gasteiger partial charge in [0.05, 0.1) is 10.2 Å². The number of halogens is 3. The third-order valence-corrected chi connectivity index (χ3v) is 7.30. The second-order valence-electron chi connectivity index (χ2n) is 8.54. The van der Waals surface area contributed by atoms with Gasteiger partial charge in [0, 0.05) is 30.1 Å². The fourth-order valence-corrected chi connectivity index (χ4v) is 5.49. The topological polar surface area (TPSA) is 101 Å². The van der Waals surface area contributed by atoms with E-state index in [1.165, 1.54) is 23.5 Å². The van der Waals surface area contributed by atoms with Crippen molar-refractivity contribution < 1.29 is 27.3 Å². The van der Waals surface area contributed by atoms with Crippen molar-refractivity contribution in [3.05, 3.63) is 60.0 Å². The van der Waals surface area contributed by atoms with Crippen LogP contribution in [0.1, 0.15) is 16.2 Å². The first-order valence-electron chi connectivity index (χ1n) is 10.7. The first kappa shape index (κ1) is 21.7. The molecule has 178 valence electrons. The average Bonchev–Trinajstić information content (AvgIpc) is 3.28. The third-order valence-electron chi connectivity index (χ3n) is 6.34. The van der Waals surface area contributed by atoms with Gasteiger partial charge in [0.2, 0.25) is 11.7 Å². The molecule has 2 aromatic carbocycles. The molecule has 3 heterocycles. The molecule has 0 radical (unpaired) electrons. The van der Waals surface area contributed by atoms with E-state index in [9.17, 15) is 22.8 Å². The zero-order valence-electron chi connectivity index (χ0n) is 17.8. The number of aromatic nitrogens is 3. The molecule has 2 amide bonds. The highest BCUT2D eigenvalue weighted by Crippen LogP contribution is 2.52. The van der Waals surface area contributed by atoms with E-state index in [2.05, 4.69) is 25.0 Å². The Morgan fingerprint density at radius 1 is 1.06 bits per heavy atom. The van der Waals surface area contributed by atoms with E-state index in [0.29, 0.717) is 23.8 Å². The molecule has 1 saturated heterocycles. The van der Waals surface area contributed by atoms with Gasteiger partial charge in [-0.2, -0.15) is 18.2 Å². The van der Waals surface area contributed by atoms with E-state index in [0.717, 1.165) is 10.2 Å². The first-order chi connectivity index (χ1) is 16.8. The van der Waals surface area contributed by atoms with E-state index in [4.69, 9.17) is 0 Å². The lowest BCUT2D eigenvalue weighted by atomic mass is 10.1. The molecule has 1 aliphatic heterocycles. The second kappa shape index (κ2) is 7.87.